The van der Waals surface area contributed by atoms with Gasteiger partial charge in [-0.1, -0.05) is 0 Å². The van der Waals surface area contributed by atoms with Crippen LogP contribution in [0.4, 0.5) is 17.6 Å². The topological polar surface area (TPSA) is 49.4 Å². The smallest absolute Gasteiger partial charge is 0.573 e. The lowest BCUT2D eigenvalue weighted by molar-refractivity contribution is -0.275. The second kappa shape index (κ2) is 4.15. The van der Waals surface area contributed by atoms with Gasteiger partial charge in [0, 0.05) is 4.90 Å². The Bertz CT molecular complexity index is 390. The highest BCUT2D eigenvalue weighted by Crippen LogP contribution is 2.26. The van der Waals surface area contributed by atoms with Crippen LogP contribution in [-0.4, -0.2) is 15.1 Å². The molecule has 0 aliphatic rings. The molecule has 0 amide bonds. The zero-order chi connectivity index (χ0) is 11.6. The Balaban J connectivity index is 2.99. The fourth-order valence-corrected chi connectivity index (χ4v) is 1.17. The summed E-state index contributed by atoms with van der Waals surface area (Å²) in [5.74, 6) is -2.47. The molecule has 84 valence electrons. The van der Waals surface area contributed by atoms with Crippen LogP contribution in [0.1, 0.15) is 0 Å². The number of ether oxygens (including phenoxy) is 1. The van der Waals surface area contributed by atoms with E-state index in [2.05, 4.69) is 4.74 Å². The lowest BCUT2D eigenvalue weighted by atomic mass is 10.3. The van der Waals surface area contributed by atoms with Gasteiger partial charge < -0.3 is 9.29 Å². The Labute approximate surface area is 83.9 Å². The third kappa shape index (κ3) is 3.48. The number of alkyl halides is 3. The van der Waals surface area contributed by atoms with Crippen molar-refractivity contribution >= 4 is 11.1 Å². The van der Waals surface area contributed by atoms with Crippen LogP contribution in [0, 0.1) is 5.82 Å². The third-order valence-electron chi connectivity index (χ3n) is 1.32. The zero-order valence-electron chi connectivity index (χ0n) is 6.88. The summed E-state index contributed by atoms with van der Waals surface area (Å²) in [7, 11) is 0. The molecule has 1 rings (SSSR count). The summed E-state index contributed by atoms with van der Waals surface area (Å²) in [5.41, 5.74) is 0. The number of hydrogen-bond acceptors (Lipinski definition) is 3. The van der Waals surface area contributed by atoms with Gasteiger partial charge in [0.15, 0.2) is 11.6 Å². The van der Waals surface area contributed by atoms with Crippen molar-refractivity contribution in [1.29, 1.82) is 0 Å². The Morgan fingerprint density at radius 1 is 1.33 bits per heavy atom. The van der Waals surface area contributed by atoms with Crippen LogP contribution < -0.4 is 4.74 Å². The van der Waals surface area contributed by atoms with E-state index in [0.717, 1.165) is 6.07 Å². The van der Waals surface area contributed by atoms with Gasteiger partial charge >= 0.3 is 6.36 Å². The second-order valence-electron chi connectivity index (χ2n) is 2.37. The van der Waals surface area contributed by atoms with Gasteiger partial charge in [0.05, 0.1) is 0 Å². The standard InChI is InChI=1S/C7H4F4O3S/c8-5-3-4(15(12)13)1-2-6(5)14-7(9,10)11/h1-3H,(H,12,13)/p-1. The number of hydrogen-bond donors (Lipinski definition) is 0. The molecule has 1 atom stereocenters. The highest BCUT2D eigenvalue weighted by atomic mass is 32.2. The summed E-state index contributed by atoms with van der Waals surface area (Å²) in [6.45, 7) is 0. The van der Waals surface area contributed by atoms with Crippen molar-refractivity contribution in [2.45, 2.75) is 11.3 Å². The van der Waals surface area contributed by atoms with E-state index in [-0.39, 0.29) is 0 Å². The molecule has 0 aromatic heterocycles. The van der Waals surface area contributed by atoms with Crippen molar-refractivity contribution in [1.82, 2.24) is 0 Å². The maximum atomic E-state index is 12.8. The van der Waals surface area contributed by atoms with Gasteiger partial charge in [-0.3, -0.25) is 4.21 Å². The molecule has 8 heteroatoms. The van der Waals surface area contributed by atoms with E-state index in [4.69, 9.17) is 0 Å². The second-order valence-corrected chi connectivity index (χ2v) is 3.32. The Morgan fingerprint density at radius 3 is 2.33 bits per heavy atom. The van der Waals surface area contributed by atoms with Gasteiger partial charge in [0.25, 0.3) is 0 Å². The third-order valence-corrected chi connectivity index (χ3v) is 1.96. The van der Waals surface area contributed by atoms with Crippen molar-refractivity contribution < 1.29 is 31.1 Å². The molecule has 0 saturated carbocycles. The van der Waals surface area contributed by atoms with Crippen molar-refractivity contribution in [3.63, 3.8) is 0 Å². The molecular weight excluding hydrogens is 240 g/mol. The van der Waals surface area contributed by atoms with Gasteiger partial charge in [-0.2, -0.15) is 0 Å². The minimum atomic E-state index is -5.01. The van der Waals surface area contributed by atoms with Crippen molar-refractivity contribution in [3.05, 3.63) is 24.0 Å². The van der Waals surface area contributed by atoms with Crippen molar-refractivity contribution in [2.75, 3.05) is 0 Å². The van der Waals surface area contributed by atoms with E-state index >= 15 is 0 Å². The lowest BCUT2D eigenvalue weighted by Crippen LogP contribution is -2.18. The van der Waals surface area contributed by atoms with Crippen LogP contribution in [0.3, 0.4) is 0 Å². The summed E-state index contributed by atoms with van der Waals surface area (Å²) in [6, 6.07) is 1.82. The summed E-state index contributed by atoms with van der Waals surface area (Å²) in [6.07, 6.45) is -5.01. The molecule has 0 spiro atoms. The van der Waals surface area contributed by atoms with Gasteiger partial charge in [-0.05, 0) is 29.3 Å². The quantitative estimate of drug-likeness (QED) is 0.589. The lowest BCUT2D eigenvalue weighted by Gasteiger charge is -2.11. The van der Waals surface area contributed by atoms with Crippen LogP contribution in [0.15, 0.2) is 23.1 Å². The van der Waals surface area contributed by atoms with Crippen molar-refractivity contribution in [3.8, 4) is 5.75 Å². The minimum Gasteiger partial charge on any atom is -0.768 e. The number of rotatable bonds is 2. The average Bonchev–Trinajstić information content (AvgIpc) is 2.05. The monoisotopic (exact) mass is 243 g/mol. The molecule has 0 aliphatic carbocycles. The molecule has 1 aromatic carbocycles. The van der Waals surface area contributed by atoms with E-state index in [9.17, 15) is 26.3 Å². The molecule has 0 N–H and O–H groups in total. The SMILES string of the molecule is O=S([O-])c1ccc(OC(F)(F)F)c(F)c1. The van der Waals surface area contributed by atoms with Crippen LogP contribution in [0.5, 0.6) is 5.75 Å². The van der Waals surface area contributed by atoms with Crippen LogP contribution >= 0.6 is 0 Å². The highest BCUT2D eigenvalue weighted by Gasteiger charge is 2.32. The first kappa shape index (κ1) is 11.9. The average molecular weight is 243 g/mol. The first-order valence-corrected chi connectivity index (χ1v) is 4.51. The van der Waals surface area contributed by atoms with Gasteiger partial charge in [0.2, 0.25) is 0 Å². The molecule has 1 unspecified atom stereocenters. The largest absolute Gasteiger partial charge is 0.768 e. The summed E-state index contributed by atoms with van der Waals surface area (Å²) in [5, 5.41) is 0. The van der Waals surface area contributed by atoms with E-state index in [1.165, 1.54) is 0 Å². The van der Waals surface area contributed by atoms with Crippen molar-refractivity contribution in [2.24, 2.45) is 0 Å². The molecule has 0 fully saturated rings. The number of halogens is 4. The molecule has 15 heavy (non-hydrogen) atoms. The van der Waals surface area contributed by atoms with E-state index in [1.54, 1.807) is 0 Å². The van der Waals surface area contributed by atoms with Crippen LogP contribution in [0.25, 0.3) is 0 Å². The number of benzene rings is 1. The summed E-state index contributed by atoms with van der Waals surface area (Å²) < 4.78 is 71.8. The minimum absolute atomic E-state index is 0.435. The maximum absolute atomic E-state index is 12.8. The van der Waals surface area contributed by atoms with Gasteiger partial charge in [-0.25, -0.2) is 4.39 Å². The van der Waals surface area contributed by atoms with E-state index in [1.807, 2.05) is 0 Å². The van der Waals surface area contributed by atoms with E-state index in [0.29, 0.717) is 12.1 Å². The molecule has 0 radical (unpaired) electrons. The first-order chi connectivity index (χ1) is 6.79. The summed E-state index contributed by atoms with van der Waals surface area (Å²) in [4.78, 5) is -0.456. The fourth-order valence-electron chi connectivity index (χ4n) is 0.793. The normalized spacial score (nSPS) is 13.7. The molecule has 0 bridgehead atoms. The Hall–Kier alpha value is -1.15. The summed E-state index contributed by atoms with van der Waals surface area (Å²) >= 11 is -2.70. The zero-order valence-corrected chi connectivity index (χ0v) is 7.69. The van der Waals surface area contributed by atoms with Crippen LogP contribution in [0.2, 0.25) is 0 Å². The molecule has 3 nitrogen and oxygen atoms in total. The predicted octanol–water partition coefficient (Wildman–Crippen LogP) is 1.96. The highest BCUT2D eigenvalue weighted by molar-refractivity contribution is 7.79. The van der Waals surface area contributed by atoms with Gasteiger partial charge in [0.1, 0.15) is 0 Å². The predicted molar refractivity (Wildman–Crippen MR) is 40.3 cm³/mol. The van der Waals surface area contributed by atoms with E-state index < -0.39 is 33.9 Å². The Morgan fingerprint density at radius 2 is 1.93 bits per heavy atom. The molecule has 0 saturated heterocycles. The maximum Gasteiger partial charge on any atom is 0.573 e. The first-order valence-electron chi connectivity index (χ1n) is 3.44. The Kier molecular flexibility index (Phi) is 3.30. The fraction of sp³-hybridized carbons (Fsp3) is 0.143. The molecule has 0 aliphatic heterocycles. The van der Waals surface area contributed by atoms with Gasteiger partial charge in [-0.15, -0.1) is 13.2 Å². The molecule has 0 heterocycles. The molecule has 1 aromatic rings. The van der Waals surface area contributed by atoms with Crippen LogP contribution in [-0.2, 0) is 11.1 Å². The molecular formula is C7H3F4O3S-.